The molecule has 0 bridgehead atoms. The number of halogens is 2. The minimum absolute atomic E-state index is 0.0836. The van der Waals surface area contributed by atoms with E-state index in [9.17, 15) is 4.39 Å². The highest BCUT2D eigenvalue weighted by atomic mass is 35.5. The second-order valence-electron chi connectivity index (χ2n) is 3.21. The van der Waals surface area contributed by atoms with E-state index in [-0.39, 0.29) is 5.02 Å². The van der Waals surface area contributed by atoms with E-state index in [1.165, 1.54) is 12.1 Å². The zero-order chi connectivity index (χ0) is 11.5. The van der Waals surface area contributed by atoms with Gasteiger partial charge in [-0.15, -0.1) is 6.42 Å². The Balaban J connectivity index is 2.43. The van der Waals surface area contributed by atoms with Crippen LogP contribution in [0.4, 0.5) is 4.39 Å². The van der Waals surface area contributed by atoms with Gasteiger partial charge in [0.1, 0.15) is 5.82 Å². The van der Waals surface area contributed by atoms with Gasteiger partial charge in [-0.3, -0.25) is 4.98 Å². The third-order valence-corrected chi connectivity index (χ3v) is 2.44. The molecule has 1 aromatic heterocycles. The molecule has 0 fully saturated rings. The van der Waals surface area contributed by atoms with Crippen molar-refractivity contribution in [1.82, 2.24) is 4.98 Å². The number of rotatable bonds is 1. The van der Waals surface area contributed by atoms with Crippen LogP contribution in [0.2, 0.25) is 5.02 Å². The van der Waals surface area contributed by atoms with E-state index >= 15 is 0 Å². The van der Waals surface area contributed by atoms with Crippen molar-refractivity contribution in [3.8, 4) is 23.6 Å². The van der Waals surface area contributed by atoms with Crippen LogP contribution in [0.25, 0.3) is 11.3 Å². The molecule has 3 heteroatoms. The molecule has 0 saturated carbocycles. The fraction of sp³-hybridized carbons (Fsp3) is 0. The van der Waals surface area contributed by atoms with Crippen LogP contribution >= 0.6 is 11.6 Å². The number of hydrogen-bond donors (Lipinski definition) is 0. The van der Waals surface area contributed by atoms with Crippen LogP contribution in [0.1, 0.15) is 5.56 Å². The molecule has 1 aromatic carbocycles. The fourth-order valence-corrected chi connectivity index (χ4v) is 1.49. The molecule has 2 rings (SSSR count). The predicted octanol–water partition coefficient (Wildman–Crippen LogP) is 3.52. The molecule has 16 heavy (non-hydrogen) atoms. The van der Waals surface area contributed by atoms with E-state index in [1.54, 1.807) is 24.4 Å². The highest BCUT2D eigenvalue weighted by Gasteiger charge is 2.03. The van der Waals surface area contributed by atoms with Crippen molar-refractivity contribution in [1.29, 1.82) is 0 Å². The van der Waals surface area contributed by atoms with Crippen molar-refractivity contribution in [2.75, 3.05) is 0 Å². The van der Waals surface area contributed by atoms with Crippen molar-refractivity contribution < 1.29 is 4.39 Å². The van der Waals surface area contributed by atoms with Crippen LogP contribution in [-0.2, 0) is 0 Å². The van der Waals surface area contributed by atoms with E-state index in [1.807, 2.05) is 0 Å². The van der Waals surface area contributed by atoms with E-state index in [2.05, 4.69) is 10.9 Å². The Bertz CT molecular complexity index is 555. The number of nitrogens with zero attached hydrogens (tertiary/aromatic N) is 1. The first-order chi connectivity index (χ1) is 7.70. The largest absolute Gasteiger partial charge is 0.255 e. The third-order valence-electron chi connectivity index (χ3n) is 2.15. The van der Waals surface area contributed by atoms with Gasteiger partial charge in [-0.05, 0) is 30.3 Å². The zero-order valence-corrected chi connectivity index (χ0v) is 9.00. The van der Waals surface area contributed by atoms with Crippen LogP contribution in [0, 0.1) is 18.2 Å². The molecule has 0 spiro atoms. The molecule has 0 atom stereocenters. The van der Waals surface area contributed by atoms with Crippen molar-refractivity contribution in [3.63, 3.8) is 0 Å². The van der Waals surface area contributed by atoms with Gasteiger partial charge in [0.2, 0.25) is 0 Å². The van der Waals surface area contributed by atoms with Gasteiger partial charge < -0.3 is 0 Å². The number of benzene rings is 1. The van der Waals surface area contributed by atoms with Gasteiger partial charge in [0, 0.05) is 17.3 Å². The number of pyridine rings is 1. The topological polar surface area (TPSA) is 12.9 Å². The van der Waals surface area contributed by atoms with Crippen molar-refractivity contribution >= 4 is 11.6 Å². The summed E-state index contributed by atoms with van der Waals surface area (Å²) in [6.07, 6.45) is 6.81. The van der Waals surface area contributed by atoms with Gasteiger partial charge in [-0.2, -0.15) is 0 Å². The predicted molar refractivity (Wildman–Crippen MR) is 62.6 cm³/mol. The van der Waals surface area contributed by atoms with Gasteiger partial charge in [0.05, 0.1) is 10.7 Å². The van der Waals surface area contributed by atoms with Crippen LogP contribution in [-0.4, -0.2) is 4.98 Å². The molecule has 0 unspecified atom stereocenters. The van der Waals surface area contributed by atoms with E-state index in [0.29, 0.717) is 11.3 Å². The molecular formula is C13H7ClFN. The van der Waals surface area contributed by atoms with Crippen LogP contribution in [0.3, 0.4) is 0 Å². The molecule has 0 N–H and O–H groups in total. The maximum absolute atomic E-state index is 13.0. The normalized spacial score (nSPS) is 9.81. The van der Waals surface area contributed by atoms with Crippen LogP contribution in [0.15, 0.2) is 36.5 Å². The molecule has 0 radical (unpaired) electrons. The molecule has 1 nitrogen and oxygen atoms in total. The summed E-state index contributed by atoms with van der Waals surface area (Å²) in [5.41, 5.74) is 2.17. The molecule has 2 aromatic rings. The molecular weight excluding hydrogens is 225 g/mol. The highest BCUT2D eigenvalue weighted by Crippen LogP contribution is 2.23. The minimum Gasteiger partial charge on any atom is -0.255 e. The van der Waals surface area contributed by atoms with E-state index in [4.69, 9.17) is 18.0 Å². The van der Waals surface area contributed by atoms with Crippen molar-refractivity contribution in [2.45, 2.75) is 0 Å². The molecule has 78 valence electrons. The lowest BCUT2D eigenvalue weighted by atomic mass is 10.1. The zero-order valence-electron chi connectivity index (χ0n) is 8.24. The Morgan fingerprint density at radius 1 is 1.25 bits per heavy atom. The van der Waals surface area contributed by atoms with E-state index < -0.39 is 5.82 Å². The summed E-state index contributed by atoms with van der Waals surface area (Å²) in [6.45, 7) is 0. The Labute approximate surface area is 97.9 Å². The van der Waals surface area contributed by atoms with E-state index in [0.717, 1.165) is 5.56 Å². The molecule has 0 aliphatic carbocycles. The summed E-state index contributed by atoms with van der Waals surface area (Å²) in [4.78, 5) is 4.17. The Morgan fingerprint density at radius 2 is 2.06 bits per heavy atom. The number of aromatic nitrogens is 1. The number of terminal acetylenes is 1. The standard InChI is InChI=1S/C13H7ClFN/c1-2-9-3-6-13(16-8-9)10-4-5-12(15)11(14)7-10/h1,3-8H. The van der Waals surface area contributed by atoms with Crippen LogP contribution < -0.4 is 0 Å². The highest BCUT2D eigenvalue weighted by molar-refractivity contribution is 6.31. The van der Waals surface area contributed by atoms with Gasteiger partial charge in [-0.1, -0.05) is 17.5 Å². The van der Waals surface area contributed by atoms with Gasteiger partial charge in [0.25, 0.3) is 0 Å². The smallest absolute Gasteiger partial charge is 0.141 e. The van der Waals surface area contributed by atoms with Gasteiger partial charge in [0.15, 0.2) is 0 Å². The molecule has 0 aliphatic heterocycles. The molecule has 0 amide bonds. The first kappa shape index (κ1) is 10.7. The Morgan fingerprint density at radius 3 is 2.62 bits per heavy atom. The molecule has 1 heterocycles. The van der Waals surface area contributed by atoms with Gasteiger partial charge >= 0.3 is 0 Å². The fourth-order valence-electron chi connectivity index (χ4n) is 1.31. The average Bonchev–Trinajstić information content (AvgIpc) is 2.33. The first-order valence-corrected chi connectivity index (χ1v) is 4.96. The second kappa shape index (κ2) is 4.34. The number of hydrogen-bond acceptors (Lipinski definition) is 1. The minimum atomic E-state index is -0.439. The average molecular weight is 232 g/mol. The summed E-state index contributed by atoms with van der Waals surface area (Å²) < 4.78 is 13.0. The Hall–Kier alpha value is -1.85. The Kier molecular flexibility index (Phi) is 2.89. The second-order valence-corrected chi connectivity index (χ2v) is 3.61. The lowest BCUT2D eigenvalue weighted by Crippen LogP contribution is -1.86. The first-order valence-electron chi connectivity index (χ1n) is 4.59. The maximum atomic E-state index is 13.0. The van der Waals surface area contributed by atoms with Gasteiger partial charge in [-0.25, -0.2) is 4.39 Å². The SMILES string of the molecule is C#Cc1ccc(-c2ccc(F)c(Cl)c2)nc1. The monoisotopic (exact) mass is 231 g/mol. The summed E-state index contributed by atoms with van der Waals surface area (Å²) in [7, 11) is 0. The van der Waals surface area contributed by atoms with Crippen molar-refractivity contribution in [2.24, 2.45) is 0 Å². The molecule has 0 aliphatic rings. The van der Waals surface area contributed by atoms with Crippen LogP contribution in [0.5, 0.6) is 0 Å². The summed E-state index contributed by atoms with van der Waals surface area (Å²) in [5.74, 6) is 2.04. The lowest BCUT2D eigenvalue weighted by Gasteiger charge is -2.02. The lowest BCUT2D eigenvalue weighted by molar-refractivity contribution is 0.628. The van der Waals surface area contributed by atoms with Crippen molar-refractivity contribution in [3.05, 3.63) is 52.9 Å². The summed E-state index contributed by atoms with van der Waals surface area (Å²) in [5, 5.41) is 0.0836. The summed E-state index contributed by atoms with van der Waals surface area (Å²) in [6, 6.07) is 8.03. The third kappa shape index (κ3) is 2.05. The molecule has 0 saturated heterocycles. The maximum Gasteiger partial charge on any atom is 0.141 e. The summed E-state index contributed by atoms with van der Waals surface area (Å²) >= 11 is 5.69. The quantitative estimate of drug-likeness (QED) is 0.685.